The lowest BCUT2D eigenvalue weighted by molar-refractivity contribution is -0.115. The zero-order valence-electron chi connectivity index (χ0n) is 11.7. The van der Waals surface area contributed by atoms with Crippen molar-refractivity contribution in [2.75, 3.05) is 5.32 Å². The number of thiazole rings is 1. The summed E-state index contributed by atoms with van der Waals surface area (Å²) in [5.41, 5.74) is 0.960. The van der Waals surface area contributed by atoms with E-state index in [-0.39, 0.29) is 11.2 Å². The molecule has 0 spiro atoms. The van der Waals surface area contributed by atoms with E-state index in [1.807, 2.05) is 42.6 Å². The van der Waals surface area contributed by atoms with Crippen molar-refractivity contribution in [1.82, 2.24) is 20.2 Å². The molecule has 0 saturated heterocycles. The molecule has 3 rings (SSSR count). The van der Waals surface area contributed by atoms with Crippen LogP contribution in [0.2, 0.25) is 0 Å². The summed E-state index contributed by atoms with van der Waals surface area (Å²) in [5, 5.41) is 12.4. The van der Waals surface area contributed by atoms with Gasteiger partial charge < -0.3 is 5.32 Å². The SMILES string of the molecule is CC(Sc1n[nH]c(-c2ccccc2)n1)C(=O)Nc1nccs1. The predicted molar refractivity (Wildman–Crippen MR) is 87.9 cm³/mol. The minimum atomic E-state index is -0.316. The zero-order valence-corrected chi connectivity index (χ0v) is 13.3. The zero-order chi connectivity index (χ0) is 15.4. The Kier molecular flexibility index (Phi) is 4.50. The largest absolute Gasteiger partial charge is 0.301 e. The Balaban J connectivity index is 1.63. The number of aromatic nitrogens is 4. The van der Waals surface area contributed by atoms with Crippen LogP contribution in [-0.2, 0) is 4.79 Å². The molecule has 3 aromatic rings. The monoisotopic (exact) mass is 331 g/mol. The van der Waals surface area contributed by atoms with Crippen molar-refractivity contribution in [2.24, 2.45) is 0 Å². The molecule has 112 valence electrons. The van der Waals surface area contributed by atoms with Gasteiger partial charge in [-0.05, 0) is 6.92 Å². The number of aromatic amines is 1. The molecule has 0 aliphatic carbocycles. The molecule has 2 aromatic heterocycles. The van der Waals surface area contributed by atoms with E-state index >= 15 is 0 Å². The van der Waals surface area contributed by atoms with Crippen LogP contribution >= 0.6 is 23.1 Å². The van der Waals surface area contributed by atoms with Crippen LogP contribution in [0.5, 0.6) is 0 Å². The highest BCUT2D eigenvalue weighted by molar-refractivity contribution is 8.00. The van der Waals surface area contributed by atoms with Gasteiger partial charge in [0, 0.05) is 17.1 Å². The maximum Gasteiger partial charge on any atom is 0.239 e. The minimum Gasteiger partial charge on any atom is -0.301 e. The quantitative estimate of drug-likeness (QED) is 0.702. The van der Waals surface area contributed by atoms with Crippen LogP contribution in [0.1, 0.15) is 6.92 Å². The molecule has 1 amide bonds. The number of carbonyl (C=O) groups is 1. The predicted octanol–water partition coefficient (Wildman–Crippen LogP) is 3.05. The minimum absolute atomic E-state index is 0.119. The highest BCUT2D eigenvalue weighted by atomic mass is 32.2. The van der Waals surface area contributed by atoms with Gasteiger partial charge in [0.2, 0.25) is 11.1 Å². The second-order valence-corrected chi connectivity index (χ2v) is 6.62. The average molecular weight is 331 g/mol. The molecule has 0 bridgehead atoms. The molecule has 1 atom stereocenters. The van der Waals surface area contributed by atoms with E-state index < -0.39 is 0 Å². The normalized spacial score (nSPS) is 12.0. The molecule has 6 nitrogen and oxygen atoms in total. The number of rotatable bonds is 5. The molecule has 2 heterocycles. The third-order valence-electron chi connectivity index (χ3n) is 2.83. The summed E-state index contributed by atoms with van der Waals surface area (Å²) in [7, 11) is 0. The van der Waals surface area contributed by atoms with Gasteiger partial charge >= 0.3 is 0 Å². The lowest BCUT2D eigenvalue weighted by Crippen LogP contribution is -2.22. The van der Waals surface area contributed by atoms with Crippen molar-refractivity contribution in [1.29, 1.82) is 0 Å². The number of hydrogen-bond donors (Lipinski definition) is 2. The highest BCUT2D eigenvalue weighted by Crippen LogP contribution is 2.23. The average Bonchev–Trinajstić information content (AvgIpc) is 3.20. The van der Waals surface area contributed by atoms with E-state index in [9.17, 15) is 4.79 Å². The number of anilines is 1. The summed E-state index contributed by atoms with van der Waals surface area (Å²) in [4.78, 5) is 20.5. The van der Waals surface area contributed by atoms with Crippen LogP contribution < -0.4 is 5.32 Å². The molecule has 8 heteroatoms. The number of nitrogens with zero attached hydrogens (tertiary/aromatic N) is 3. The first-order chi connectivity index (χ1) is 10.7. The lowest BCUT2D eigenvalue weighted by atomic mass is 10.2. The summed E-state index contributed by atoms with van der Waals surface area (Å²) >= 11 is 2.69. The van der Waals surface area contributed by atoms with Gasteiger partial charge in [0.05, 0.1) is 5.25 Å². The molecule has 1 unspecified atom stereocenters. The van der Waals surface area contributed by atoms with Crippen LogP contribution in [0, 0.1) is 0 Å². The third kappa shape index (κ3) is 3.52. The fourth-order valence-corrected chi connectivity index (χ4v) is 2.98. The van der Waals surface area contributed by atoms with Crippen molar-refractivity contribution in [3.05, 3.63) is 41.9 Å². The number of amides is 1. The number of H-pyrrole nitrogens is 1. The van der Waals surface area contributed by atoms with Gasteiger partial charge in [-0.1, -0.05) is 42.1 Å². The van der Waals surface area contributed by atoms with Crippen LogP contribution in [0.3, 0.4) is 0 Å². The number of thioether (sulfide) groups is 1. The summed E-state index contributed by atoms with van der Waals surface area (Å²) < 4.78 is 0. The van der Waals surface area contributed by atoms with Gasteiger partial charge in [0.1, 0.15) is 0 Å². The van der Waals surface area contributed by atoms with Crippen LogP contribution in [-0.4, -0.2) is 31.3 Å². The summed E-state index contributed by atoms with van der Waals surface area (Å²) in [6.45, 7) is 1.81. The highest BCUT2D eigenvalue weighted by Gasteiger charge is 2.18. The topological polar surface area (TPSA) is 83.6 Å². The molecule has 1 aromatic carbocycles. The van der Waals surface area contributed by atoms with Gasteiger partial charge in [-0.15, -0.1) is 16.4 Å². The Labute approximate surface area is 135 Å². The van der Waals surface area contributed by atoms with Gasteiger partial charge in [-0.2, -0.15) is 0 Å². The van der Waals surface area contributed by atoms with Crippen molar-refractivity contribution in [2.45, 2.75) is 17.3 Å². The second kappa shape index (κ2) is 6.71. The van der Waals surface area contributed by atoms with E-state index in [1.54, 1.807) is 6.20 Å². The van der Waals surface area contributed by atoms with Crippen molar-refractivity contribution >= 4 is 34.1 Å². The Hall–Kier alpha value is -2.19. The molecule has 2 N–H and O–H groups in total. The number of nitrogens with one attached hydrogen (secondary N) is 2. The van der Waals surface area contributed by atoms with Crippen LogP contribution in [0.15, 0.2) is 47.1 Å². The molecule has 0 radical (unpaired) electrons. The smallest absolute Gasteiger partial charge is 0.239 e. The number of carbonyl (C=O) groups excluding carboxylic acids is 1. The summed E-state index contributed by atoms with van der Waals surface area (Å²) in [5.74, 6) is 0.571. The first-order valence-electron chi connectivity index (χ1n) is 6.57. The molecule has 0 aliphatic rings. The first-order valence-corrected chi connectivity index (χ1v) is 8.33. The summed E-state index contributed by atoms with van der Waals surface area (Å²) in [6.07, 6.45) is 1.65. The molecular weight excluding hydrogens is 318 g/mol. The Bertz CT molecular complexity index is 742. The summed E-state index contributed by atoms with van der Waals surface area (Å²) in [6, 6.07) is 9.73. The van der Waals surface area contributed by atoms with Crippen molar-refractivity contribution < 1.29 is 4.79 Å². The second-order valence-electron chi connectivity index (χ2n) is 4.42. The van der Waals surface area contributed by atoms with Gasteiger partial charge in [0.25, 0.3) is 0 Å². The Morgan fingerprint density at radius 3 is 2.91 bits per heavy atom. The van der Waals surface area contributed by atoms with E-state index in [0.29, 0.717) is 16.1 Å². The standard InChI is InChI=1S/C14H13N5OS2/c1-9(12(20)17-13-15-7-8-21-13)22-14-16-11(18-19-14)10-5-3-2-4-6-10/h2-9H,1H3,(H,15,17,20)(H,16,18,19). The molecule has 0 aliphatic heterocycles. The lowest BCUT2D eigenvalue weighted by Gasteiger charge is -2.07. The van der Waals surface area contributed by atoms with Crippen molar-refractivity contribution in [3.8, 4) is 11.4 Å². The number of hydrogen-bond acceptors (Lipinski definition) is 6. The van der Waals surface area contributed by atoms with Crippen molar-refractivity contribution in [3.63, 3.8) is 0 Å². The molecule has 0 saturated carbocycles. The Morgan fingerprint density at radius 2 is 2.18 bits per heavy atom. The van der Waals surface area contributed by atoms with Gasteiger partial charge in [-0.25, -0.2) is 9.97 Å². The molecule has 22 heavy (non-hydrogen) atoms. The molecule has 0 fully saturated rings. The Morgan fingerprint density at radius 1 is 1.36 bits per heavy atom. The fourth-order valence-electron chi connectivity index (χ4n) is 1.73. The van der Waals surface area contributed by atoms with Gasteiger partial charge in [-0.3, -0.25) is 9.89 Å². The third-order valence-corrected chi connectivity index (χ3v) is 4.48. The molecular formula is C14H13N5OS2. The van der Waals surface area contributed by atoms with Crippen LogP contribution in [0.4, 0.5) is 5.13 Å². The van der Waals surface area contributed by atoms with Crippen LogP contribution in [0.25, 0.3) is 11.4 Å². The fraction of sp³-hybridized carbons (Fsp3) is 0.143. The maximum absolute atomic E-state index is 12.1. The number of benzene rings is 1. The van der Waals surface area contributed by atoms with E-state index in [1.165, 1.54) is 23.1 Å². The maximum atomic E-state index is 12.1. The van der Waals surface area contributed by atoms with E-state index in [2.05, 4.69) is 25.5 Å². The van der Waals surface area contributed by atoms with E-state index in [0.717, 1.165) is 5.56 Å². The van der Waals surface area contributed by atoms with Gasteiger partial charge in [0.15, 0.2) is 11.0 Å². The first kappa shape index (κ1) is 14.7. The van der Waals surface area contributed by atoms with E-state index in [4.69, 9.17) is 0 Å².